The number of rotatable bonds is 7. The van der Waals surface area contributed by atoms with Gasteiger partial charge < -0.3 is 14.7 Å². The summed E-state index contributed by atoms with van der Waals surface area (Å²) in [5.74, 6) is -1.15. The van der Waals surface area contributed by atoms with Crippen LogP contribution < -0.4 is 4.74 Å². The number of carbonyl (C=O) groups is 2. The predicted octanol–water partition coefficient (Wildman–Crippen LogP) is 5.61. The van der Waals surface area contributed by atoms with E-state index in [-0.39, 0.29) is 11.3 Å². The summed E-state index contributed by atoms with van der Waals surface area (Å²) in [6, 6.07) is 11.0. The van der Waals surface area contributed by atoms with E-state index in [1.807, 2.05) is 0 Å². The first-order chi connectivity index (χ1) is 14.4. The Bertz CT molecular complexity index is 985. The fourth-order valence-corrected chi connectivity index (χ4v) is 3.99. The van der Waals surface area contributed by atoms with Crippen LogP contribution in [-0.2, 0) is 9.59 Å². The SMILES string of the molecule is CCCCCN1C(=O)C(=O)/C(=C(\O)c2ccc(OC)c(Cl)c2)C1c1ccc(Cl)cc1. The van der Waals surface area contributed by atoms with Crippen molar-refractivity contribution in [2.24, 2.45) is 0 Å². The molecule has 1 fully saturated rings. The van der Waals surface area contributed by atoms with Gasteiger partial charge in [-0.05, 0) is 42.3 Å². The van der Waals surface area contributed by atoms with Crippen LogP contribution in [0.5, 0.6) is 5.75 Å². The van der Waals surface area contributed by atoms with Gasteiger partial charge >= 0.3 is 0 Å². The average Bonchev–Trinajstić information content (AvgIpc) is 2.99. The number of likely N-dealkylation sites (tertiary alicyclic amines) is 1. The highest BCUT2D eigenvalue weighted by molar-refractivity contribution is 6.46. The minimum atomic E-state index is -0.712. The summed E-state index contributed by atoms with van der Waals surface area (Å²) >= 11 is 12.2. The molecule has 1 saturated heterocycles. The van der Waals surface area contributed by atoms with Crippen LogP contribution in [0.2, 0.25) is 10.0 Å². The summed E-state index contributed by atoms with van der Waals surface area (Å²) in [6.45, 7) is 2.49. The number of amides is 1. The maximum Gasteiger partial charge on any atom is 0.295 e. The van der Waals surface area contributed by atoms with Crippen LogP contribution in [0.25, 0.3) is 5.76 Å². The lowest BCUT2D eigenvalue weighted by Crippen LogP contribution is -2.30. The molecule has 2 aromatic rings. The Morgan fingerprint density at radius 2 is 1.80 bits per heavy atom. The number of aliphatic hydroxyl groups excluding tert-OH is 1. The topological polar surface area (TPSA) is 66.8 Å². The van der Waals surface area contributed by atoms with E-state index in [1.165, 1.54) is 18.1 Å². The molecule has 5 nitrogen and oxygen atoms in total. The second-order valence-corrected chi connectivity index (χ2v) is 7.94. The van der Waals surface area contributed by atoms with E-state index in [0.29, 0.717) is 33.5 Å². The van der Waals surface area contributed by atoms with Gasteiger partial charge in [-0.25, -0.2) is 0 Å². The quantitative estimate of drug-likeness (QED) is 0.259. The van der Waals surface area contributed by atoms with Crippen LogP contribution in [0.4, 0.5) is 0 Å². The van der Waals surface area contributed by atoms with Gasteiger partial charge in [0.25, 0.3) is 11.7 Å². The number of ketones is 1. The number of Topliss-reactive ketones (excluding diaryl/α,β-unsaturated/α-hetero) is 1. The van der Waals surface area contributed by atoms with Crippen molar-refractivity contribution in [2.75, 3.05) is 13.7 Å². The molecule has 7 heteroatoms. The van der Waals surface area contributed by atoms with Crippen molar-refractivity contribution in [3.8, 4) is 5.75 Å². The number of halogens is 2. The van der Waals surface area contributed by atoms with Crippen molar-refractivity contribution in [1.82, 2.24) is 4.90 Å². The summed E-state index contributed by atoms with van der Waals surface area (Å²) in [5, 5.41) is 11.9. The zero-order valence-corrected chi connectivity index (χ0v) is 18.3. The lowest BCUT2D eigenvalue weighted by molar-refractivity contribution is -0.139. The third-order valence-corrected chi connectivity index (χ3v) is 5.70. The molecule has 1 atom stereocenters. The molecule has 1 unspecified atom stereocenters. The van der Waals surface area contributed by atoms with Crippen molar-refractivity contribution in [1.29, 1.82) is 0 Å². The average molecular weight is 448 g/mol. The molecule has 0 saturated carbocycles. The van der Waals surface area contributed by atoms with Crippen molar-refractivity contribution in [3.05, 3.63) is 69.2 Å². The molecule has 0 bridgehead atoms. The zero-order valence-electron chi connectivity index (χ0n) is 16.8. The van der Waals surface area contributed by atoms with Crippen molar-refractivity contribution in [3.63, 3.8) is 0 Å². The van der Waals surface area contributed by atoms with Crippen LogP contribution in [0.3, 0.4) is 0 Å². The van der Waals surface area contributed by atoms with Gasteiger partial charge in [0.1, 0.15) is 11.5 Å². The van der Waals surface area contributed by atoms with Gasteiger partial charge in [0.05, 0.1) is 23.7 Å². The molecular formula is C23H23Cl2NO4. The number of hydrogen-bond donors (Lipinski definition) is 1. The lowest BCUT2D eigenvalue weighted by Gasteiger charge is -2.25. The largest absolute Gasteiger partial charge is 0.507 e. The highest BCUT2D eigenvalue weighted by Crippen LogP contribution is 2.40. The summed E-state index contributed by atoms with van der Waals surface area (Å²) in [5.41, 5.74) is 1.09. The van der Waals surface area contributed by atoms with E-state index in [0.717, 1.165) is 19.3 Å². The molecule has 0 aliphatic carbocycles. The van der Waals surface area contributed by atoms with Gasteiger partial charge in [0, 0.05) is 17.1 Å². The van der Waals surface area contributed by atoms with Crippen LogP contribution in [-0.4, -0.2) is 35.4 Å². The van der Waals surface area contributed by atoms with Gasteiger partial charge in [-0.2, -0.15) is 0 Å². The van der Waals surface area contributed by atoms with E-state index in [4.69, 9.17) is 27.9 Å². The second kappa shape index (κ2) is 9.54. The van der Waals surface area contributed by atoms with E-state index in [9.17, 15) is 14.7 Å². The Hall–Kier alpha value is -2.50. The predicted molar refractivity (Wildman–Crippen MR) is 118 cm³/mol. The summed E-state index contributed by atoms with van der Waals surface area (Å²) in [7, 11) is 1.49. The Morgan fingerprint density at radius 1 is 1.10 bits per heavy atom. The van der Waals surface area contributed by atoms with Gasteiger partial charge in [-0.3, -0.25) is 9.59 Å². The number of nitrogens with zero attached hydrogens (tertiary/aromatic N) is 1. The third-order valence-electron chi connectivity index (χ3n) is 5.15. The molecule has 158 valence electrons. The number of aliphatic hydroxyl groups is 1. The molecule has 0 aromatic heterocycles. The number of ether oxygens (including phenoxy) is 1. The van der Waals surface area contributed by atoms with Crippen LogP contribution in [0.15, 0.2) is 48.0 Å². The minimum absolute atomic E-state index is 0.0417. The fourth-order valence-electron chi connectivity index (χ4n) is 3.60. The van der Waals surface area contributed by atoms with Crippen LogP contribution in [0.1, 0.15) is 43.4 Å². The second-order valence-electron chi connectivity index (χ2n) is 7.10. The summed E-state index contributed by atoms with van der Waals surface area (Å²) in [6.07, 6.45) is 2.69. The summed E-state index contributed by atoms with van der Waals surface area (Å²) in [4.78, 5) is 27.3. The first kappa shape index (κ1) is 22.2. The maximum absolute atomic E-state index is 12.9. The zero-order chi connectivity index (χ0) is 21.8. The number of carbonyl (C=O) groups excluding carboxylic acids is 2. The van der Waals surface area contributed by atoms with E-state index in [1.54, 1.807) is 36.4 Å². The monoisotopic (exact) mass is 447 g/mol. The number of unbranched alkanes of at least 4 members (excludes halogenated alkanes) is 2. The first-order valence-corrected chi connectivity index (χ1v) is 10.5. The number of hydrogen-bond acceptors (Lipinski definition) is 4. The molecule has 1 N–H and O–H groups in total. The Balaban J connectivity index is 2.12. The summed E-state index contributed by atoms with van der Waals surface area (Å²) < 4.78 is 5.15. The molecule has 30 heavy (non-hydrogen) atoms. The van der Waals surface area contributed by atoms with E-state index in [2.05, 4.69) is 6.92 Å². The molecule has 1 aliphatic heterocycles. The van der Waals surface area contributed by atoms with Gasteiger partial charge in [0.15, 0.2) is 0 Å². The highest BCUT2D eigenvalue weighted by atomic mass is 35.5. The van der Waals surface area contributed by atoms with E-state index < -0.39 is 17.7 Å². The van der Waals surface area contributed by atoms with Crippen LogP contribution >= 0.6 is 23.2 Å². The fraction of sp³-hybridized carbons (Fsp3) is 0.304. The molecule has 1 aliphatic rings. The van der Waals surface area contributed by atoms with Crippen molar-refractivity contribution >= 4 is 40.7 Å². The van der Waals surface area contributed by atoms with Gasteiger partial charge in [-0.15, -0.1) is 0 Å². The molecule has 1 amide bonds. The number of methoxy groups -OCH3 is 1. The molecule has 3 rings (SSSR count). The Morgan fingerprint density at radius 3 is 2.40 bits per heavy atom. The smallest absolute Gasteiger partial charge is 0.295 e. The molecule has 1 heterocycles. The third kappa shape index (κ3) is 4.32. The lowest BCUT2D eigenvalue weighted by atomic mass is 9.95. The molecule has 0 radical (unpaired) electrons. The van der Waals surface area contributed by atoms with Crippen molar-refractivity contribution in [2.45, 2.75) is 32.2 Å². The van der Waals surface area contributed by atoms with Gasteiger partial charge in [-0.1, -0.05) is 55.1 Å². The Kier molecular flexibility index (Phi) is 7.06. The standard InChI is InChI=1S/C23H23Cl2NO4/c1-3-4-5-12-26-20(14-6-9-16(24)10-7-14)19(22(28)23(26)29)21(27)15-8-11-18(30-2)17(25)13-15/h6-11,13,20,27H,3-5,12H2,1-2H3/b21-19-. The number of benzene rings is 2. The van der Waals surface area contributed by atoms with Crippen molar-refractivity contribution < 1.29 is 19.4 Å². The minimum Gasteiger partial charge on any atom is -0.507 e. The normalized spacial score (nSPS) is 18.1. The van der Waals surface area contributed by atoms with Crippen LogP contribution in [0, 0.1) is 0 Å². The Labute approximate surface area is 185 Å². The maximum atomic E-state index is 12.9. The molecule has 2 aromatic carbocycles. The molecular weight excluding hydrogens is 425 g/mol. The molecule has 0 spiro atoms. The first-order valence-electron chi connectivity index (χ1n) is 9.76. The van der Waals surface area contributed by atoms with Gasteiger partial charge in [0.2, 0.25) is 0 Å². The highest BCUT2D eigenvalue weighted by Gasteiger charge is 2.45. The van der Waals surface area contributed by atoms with E-state index >= 15 is 0 Å².